The summed E-state index contributed by atoms with van der Waals surface area (Å²) in [6.07, 6.45) is 2.29. The molecule has 0 saturated carbocycles. The molecule has 0 aliphatic rings. The molecule has 0 aliphatic carbocycles. The lowest BCUT2D eigenvalue weighted by atomic mass is 9.15. The smallest absolute Gasteiger partial charge is 0.148 e. The van der Waals surface area contributed by atoms with Gasteiger partial charge in [-0.2, -0.15) is 10.9 Å². The summed E-state index contributed by atoms with van der Waals surface area (Å²) in [5, 5.41) is 0. The van der Waals surface area contributed by atoms with Crippen LogP contribution in [0.3, 0.4) is 0 Å². The van der Waals surface area contributed by atoms with E-state index in [0.29, 0.717) is 0 Å². The summed E-state index contributed by atoms with van der Waals surface area (Å²) in [5.74, 6) is 0. The van der Waals surface area contributed by atoms with E-state index in [1.54, 1.807) is 0 Å². The zero-order valence-corrected chi connectivity index (χ0v) is 13.9. The van der Waals surface area contributed by atoms with Gasteiger partial charge in [-0.15, -0.1) is 11.2 Å². The van der Waals surface area contributed by atoms with Gasteiger partial charge in [0.15, 0.2) is 0 Å². The van der Waals surface area contributed by atoms with Crippen LogP contribution in [0, 0.1) is 0 Å². The van der Waals surface area contributed by atoms with Crippen LogP contribution >= 0.6 is 0 Å². The molecule has 4 rings (SSSR count). The number of hydrogen-bond donors (Lipinski definition) is 0. The Balaban J connectivity index is 2.13. The highest BCUT2D eigenvalue weighted by molar-refractivity contribution is 7.19. The third-order valence-electron chi connectivity index (χ3n) is 4.86. The van der Waals surface area contributed by atoms with Crippen LogP contribution in [0.1, 0.15) is 0 Å². The predicted octanol–water partition coefficient (Wildman–Crippen LogP) is 1.85. The molecular formula is C22H18BN2-. The van der Waals surface area contributed by atoms with Crippen LogP contribution in [0.15, 0.2) is 109 Å². The van der Waals surface area contributed by atoms with Gasteiger partial charge in [-0.1, -0.05) is 84.9 Å². The fourth-order valence-electron chi connectivity index (χ4n) is 3.77. The van der Waals surface area contributed by atoms with E-state index in [0.717, 1.165) is 11.2 Å². The highest BCUT2D eigenvalue weighted by Crippen LogP contribution is 2.06. The minimum absolute atomic E-state index is 1.03. The molecule has 4 aromatic rings. The van der Waals surface area contributed by atoms with Gasteiger partial charge in [-0.3, -0.25) is 0 Å². The van der Waals surface area contributed by atoms with E-state index in [1.165, 1.54) is 10.9 Å². The molecule has 120 valence electrons. The second-order valence-electron chi connectivity index (χ2n) is 6.20. The van der Waals surface area contributed by atoms with E-state index in [1.807, 2.05) is 48.8 Å². The third-order valence-corrected chi connectivity index (χ3v) is 4.86. The van der Waals surface area contributed by atoms with Crippen LogP contribution in [-0.4, -0.2) is 16.1 Å². The Hall–Kier alpha value is -3.20. The Labute approximate surface area is 148 Å². The molecule has 2 nitrogen and oxygen atoms in total. The molecule has 2 heterocycles. The minimum atomic E-state index is -1.44. The maximum absolute atomic E-state index is 4.77. The van der Waals surface area contributed by atoms with Crippen molar-refractivity contribution in [2.24, 2.45) is 0 Å². The molecule has 3 heteroatoms. The maximum Gasteiger partial charge on any atom is 0.148 e. The van der Waals surface area contributed by atoms with E-state index in [9.17, 15) is 0 Å². The molecule has 0 radical (unpaired) electrons. The number of aromatic nitrogens is 2. The van der Waals surface area contributed by atoms with Gasteiger partial charge < -0.3 is 9.97 Å². The third kappa shape index (κ3) is 2.64. The van der Waals surface area contributed by atoms with Gasteiger partial charge in [0.05, 0.1) is 0 Å². The van der Waals surface area contributed by atoms with Gasteiger partial charge in [0.25, 0.3) is 0 Å². The maximum atomic E-state index is 4.77. The monoisotopic (exact) mass is 321 g/mol. The van der Waals surface area contributed by atoms with Crippen molar-refractivity contribution in [2.45, 2.75) is 0 Å². The lowest BCUT2D eigenvalue weighted by Crippen LogP contribution is -2.76. The summed E-state index contributed by atoms with van der Waals surface area (Å²) in [6, 6.07) is 33.4. The quantitative estimate of drug-likeness (QED) is 0.536. The number of rotatable bonds is 4. The van der Waals surface area contributed by atoms with Crippen molar-refractivity contribution in [1.82, 2.24) is 9.97 Å². The molecule has 0 saturated heterocycles. The molecule has 0 unspecified atom stereocenters. The SMILES string of the molecule is c1ccc([B-](c2ccccc2)(c2ccccn2)c2ccccn2)cc1. The Bertz CT molecular complexity index is 763. The average molecular weight is 321 g/mol. The molecule has 2 aromatic carbocycles. The molecular weight excluding hydrogens is 303 g/mol. The van der Waals surface area contributed by atoms with Crippen molar-refractivity contribution >= 4 is 28.3 Å². The van der Waals surface area contributed by atoms with E-state index < -0.39 is 6.15 Å². The fraction of sp³-hybridized carbons (Fsp3) is 0. The van der Waals surface area contributed by atoms with Gasteiger partial charge in [-0.25, -0.2) is 0 Å². The Morgan fingerprint density at radius 2 is 0.840 bits per heavy atom. The largest absolute Gasteiger partial charge is 0.302 e. The molecule has 0 aliphatic heterocycles. The van der Waals surface area contributed by atoms with Crippen LogP contribution in [0.25, 0.3) is 0 Å². The van der Waals surface area contributed by atoms with Crippen LogP contribution in [0.2, 0.25) is 0 Å². The van der Waals surface area contributed by atoms with Crippen molar-refractivity contribution in [3.05, 3.63) is 109 Å². The molecule has 0 amide bonds. The van der Waals surface area contributed by atoms with Gasteiger partial charge in [0, 0.05) is 12.4 Å². The number of pyridine rings is 2. The van der Waals surface area contributed by atoms with E-state index in [-0.39, 0.29) is 0 Å². The topological polar surface area (TPSA) is 25.8 Å². The van der Waals surface area contributed by atoms with Crippen LogP contribution < -0.4 is 22.1 Å². The first kappa shape index (κ1) is 15.3. The van der Waals surface area contributed by atoms with Crippen molar-refractivity contribution in [1.29, 1.82) is 0 Å². The lowest BCUT2D eigenvalue weighted by Gasteiger charge is -2.41. The average Bonchev–Trinajstić information content (AvgIpc) is 2.72. The van der Waals surface area contributed by atoms with Crippen molar-refractivity contribution < 1.29 is 0 Å². The molecule has 25 heavy (non-hydrogen) atoms. The second kappa shape index (κ2) is 6.74. The standard InChI is InChI=1S/C22H18BN2/c1-3-11-19(12-4-1)23(20-13-5-2-6-14-20,21-15-7-9-17-24-21)22-16-8-10-18-25-22/h1-18H/q-1. The summed E-state index contributed by atoms with van der Waals surface area (Å²) in [6.45, 7) is 0. The first-order chi connectivity index (χ1) is 12.4. The lowest BCUT2D eigenvalue weighted by molar-refractivity contribution is 1.34. The molecule has 0 bridgehead atoms. The fourth-order valence-corrected chi connectivity index (χ4v) is 3.77. The van der Waals surface area contributed by atoms with Gasteiger partial charge in [-0.05, 0) is 12.1 Å². The van der Waals surface area contributed by atoms with Crippen LogP contribution in [0.5, 0.6) is 0 Å². The molecule has 2 aromatic heterocycles. The van der Waals surface area contributed by atoms with E-state index in [2.05, 4.69) is 60.7 Å². The first-order valence-electron chi connectivity index (χ1n) is 8.52. The van der Waals surface area contributed by atoms with Crippen LogP contribution in [-0.2, 0) is 0 Å². The van der Waals surface area contributed by atoms with Crippen molar-refractivity contribution in [2.75, 3.05) is 0 Å². The summed E-state index contributed by atoms with van der Waals surface area (Å²) in [4.78, 5) is 9.54. The van der Waals surface area contributed by atoms with Crippen LogP contribution in [0.4, 0.5) is 0 Å². The summed E-state index contributed by atoms with van der Waals surface area (Å²) < 4.78 is 0. The highest BCUT2D eigenvalue weighted by Gasteiger charge is 2.33. The zero-order valence-electron chi connectivity index (χ0n) is 13.9. The Morgan fingerprint density at radius 3 is 1.20 bits per heavy atom. The van der Waals surface area contributed by atoms with E-state index in [4.69, 9.17) is 9.97 Å². The van der Waals surface area contributed by atoms with Gasteiger partial charge in [0.2, 0.25) is 0 Å². The number of hydrogen-bond acceptors (Lipinski definition) is 2. The zero-order chi connectivity index (χ0) is 17.0. The number of benzene rings is 2. The molecule has 0 fully saturated rings. The van der Waals surface area contributed by atoms with Gasteiger partial charge >= 0.3 is 0 Å². The minimum Gasteiger partial charge on any atom is -0.302 e. The van der Waals surface area contributed by atoms with E-state index >= 15 is 0 Å². The van der Waals surface area contributed by atoms with Crippen molar-refractivity contribution in [3.8, 4) is 0 Å². The molecule has 0 atom stereocenters. The normalized spacial score (nSPS) is 11.2. The van der Waals surface area contributed by atoms with Crippen molar-refractivity contribution in [3.63, 3.8) is 0 Å². The predicted molar refractivity (Wildman–Crippen MR) is 106 cm³/mol. The number of nitrogens with zero attached hydrogens (tertiary/aromatic N) is 2. The molecule has 0 spiro atoms. The summed E-state index contributed by atoms with van der Waals surface area (Å²) >= 11 is 0. The summed E-state index contributed by atoms with van der Waals surface area (Å²) in [7, 11) is 0. The highest BCUT2D eigenvalue weighted by atomic mass is 14.7. The second-order valence-corrected chi connectivity index (χ2v) is 6.20. The van der Waals surface area contributed by atoms with Gasteiger partial charge in [0.1, 0.15) is 6.15 Å². The first-order valence-corrected chi connectivity index (χ1v) is 8.52. The molecule has 0 N–H and O–H groups in total. The summed E-state index contributed by atoms with van der Waals surface area (Å²) in [5.41, 5.74) is 4.48. The Morgan fingerprint density at radius 1 is 0.440 bits per heavy atom. The Kier molecular flexibility index (Phi) is 4.13.